The lowest BCUT2D eigenvalue weighted by molar-refractivity contribution is 0.387. The minimum atomic E-state index is -0.526. The predicted molar refractivity (Wildman–Crippen MR) is 151 cm³/mol. The van der Waals surface area contributed by atoms with Crippen LogP contribution in [0.1, 0.15) is 30.9 Å². The molecule has 0 unspecified atom stereocenters. The number of halogens is 1. The van der Waals surface area contributed by atoms with Crippen LogP contribution in [0.3, 0.4) is 0 Å². The maximum Gasteiger partial charge on any atom is 0.259 e. The van der Waals surface area contributed by atoms with Gasteiger partial charge in [-0.1, -0.05) is 13.8 Å². The summed E-state index contributed by atoms with van der Waals surface area (Å²) in [6, 6.07) is 3.97. The number of nitrogens with one attached hydrogen (secondary N) is 1. The van der Waals surface area contributed by atoms with Gasteiger partial charge >= 0.3 is 0 Å². The molecule has 2 aliphatic rings. The molecule has 4 aromatic rings. The van der Waals surface area contributed by atoms with Gasteiger partial charge in [-0.2, -0.15) is 0 Å². The van der Waals surface area contributed by atoms with Crippen LogP contribution in [0.25, 0.3) is 20.7 Å². The van der Waals surface area contributed by atoms with Crippen molar-refractivity contribution in [1.29, 1.82) is 0 Å². The van der Waals surface area contributed by atoms with Gasteiger partial charge in [-0.15, -0.1) is 11.3 Å². The SMILES string of the molecule is Cc1c(-c2nc(Nc3ccc(N4C[C@@H]5CN(C)C[C@H]5C4)cn3)ncc2F)sc2c(C(C)C)cn(C)c(=O)c12. The summed E-state index contributed by atoms with van der Waals surface area (Å²) in [5, 5.41) is 3.75. The predicted octanol–water partition coefficient (Wildman–Crippen LogP) is 4.76. The third-order valence-electron chi connectivity index (χ3n) is 7.88. The molecule has 0 amide bonds. The first kappa shape index (κ1) is 24.9. The summed E-state index contributed by atoms with van der Waals surface area (Å²) in [6.07, 6.45) is 4.92. The second-order valence-corrected chi connectivity index (χ2v) is 12.0. The molecular formula is C28H32FN7OS. The number of nitrogens with zero attached hydrogens (tertiary/aromatic N) is 6. The second kappa shape index (κ2) is 9.43. The number of aromatic nitrogens is 4. The molecule has 0 aromatic carbocycles. The van der Waals surface area contributed by atoms with E-state index in [4.69, 9.17) is 0 Å². The van der Waals surface area contributed by atoms with Gasteiger partial charge in [-0.25, -0.2) is 19.3 Å². The van der Waals surface area contributed by atoms with E-state index in [1.54, 1.807) is 11.6 Å². The van der Waals surface area contributed by atoms with E-state index in [9.17, 15) is 4.79 Å². The molecule has 2 atom stereocenters. The summed E-state index contributed by atoms with van der Waals surface area (Å²) in [5.41, 5.74) is 3.00. The Morgan fingerprint density at radius 2 is 1.82 bits per heavy atom. The Kier molecular flexibility index (Phi) is 6.19. The quantitative estimate of drug-likeness (QED) is 0.396. The van der Waals surface area contributed by atoms with Crippen molar-refractivity contribution >= 4 is 38.9 Å². The van der Waals surface area contributed by atoms with Gasteiger partial charge in [-0.05, 0) is 55.0 Å². The smallest absolute Gasteiger partial charge is 0.259 e. The minimum Gasteiger partial charge on any atom is -0.370 e. The second-order valence-electron chi connectivity index (χ2n) is 11.0. The molecule has 1 N–H and O–H groups in total. The van der Waals surface area contributed by atoms with E-state index in [-0.39, 0.29) is 23.1 Å². The van der Waals surface area contributed by atoms with E-state index in [0.29, 0.717) is 16.1 Å². The zero-order chi connectivity index (χ0) is 26.7. The van der Waals surface area contributed by atoms with E-state index in [2.05, 4.69) is 57.0 Å². The molecule has 0 radical (unpaired) electrons. The summed E-state index contributed by atoms with van der Waals surface area (Å²) in [6.45, 7) is 10.5. The van der Waals surface area contributed by atoms with Crippen LogP contribution in [-0.4, -0.2) is 57.6 Å². The average Bonchev–Trinajstić information content (AvgIpc) is 3.54. The zero-order valence-corrected chi connectivity index (χ0v) is 23.1. The summed E-state index contributed by atoms with van der Waals surface area (Å²) < 4.78 is 17.5. The molecule has 2 fully saturated rings. The molecule has 198 valence electrons. The number of hydrogen-bond donors (Lipinski definition) is 1. The summed E-state index contributed by atoms with van der Waals surface area (Å²) in [5.74, 6) is 1.99. The molecule has 10 heteroatoms. The molecule has 0 bridgehead atoms. The van der Waals surface area contributed by atoms with Crippen molar-refractivity contribution < 1.29 is 4.39 Å². The van der Waals surface area contributed by atoms with Gasteiger partial charge < -0.3 is 19.7 Å². The van der Waals surface area contributed by atoms with Crippen LogP contribution < -0.4 is 15.8 Å². The summed E-state index contributed by atoms with van der Waals surface area (Å²) >= 11 is 1.41. The number of hydrogen-bond acceptors (Lipinski definition) is 8. The third kappa shape index (κ3) is 4.25. The fourth-order valence-corrected chi connectivity index (χ4v) is 7.35. The van der Waals surface area contributed by atoms with Crippen molar-refractivity contribution in [3.05, 3.63) is 58.0 Å². The molecular weight excluding hydrogens is 501 g/mol. The average molecular weight is 534 g/mol. The van der Waals surface area contributed by atoms with Crippen LogP contribution in [-0.2, 0) is 7.05 Å². The van der Waals surface area contributed by atoms with E-state index >= 15 is 4.39 Å². The topological polar surface area (TPSA) is 79.2 Å². The van der Waals surface area contributed by atoms with Crippen LogP contribution in [0.15, 0.2) is 35.5 Å². The van der Waals surface area contributed by atoms with Crippen LogP contribution in [0.2, 0.25) is 0 Å². The molecule has 2 aliphatic heterocycles. The highest BCUT2D eigenvalue weighted by Gasteiger charge is 2.38. The molecule has 6 rings (SSSR count). The Morgan fingerprint density at radius 1 is 1.08 bits per heavy atom. The summed E-state index contributed by atoms with van der Waals surface area (Å²) in [7, 11) is 3.95. The van der Waals surface area contributed by atoms with Gasteiger partial charge in [0.25, 0.3) is 5.56 Å². The lowest BCUT2D eigenvalue weighted by Gasteiger charge is -2.21. The van der Waals surface area contributed by atoms with Gasteiger partial charge in [-0.3, -0.25) is 4.79 Å². The maximum absolute atomic E-state index is 15.0. The Balaban J connectivity index is 1.27. The van der Waals surface area contributed by atoms with Crippen LogP contribution in [0, 0.1) is 24.6 Å². The largest absolute Gasteiger partial charge is 0.370 e. The van der Waals surface area contributed by atoms with Crippen molar-refractivity contribution in [3.8, 4) is 10.6 Å². The van der Waals surface area contributed by atoms with E-state index in [0.717, 1.165) is 59.5 Å². The minimum absolute atomic E-state index is 0.0878. The lowest BCUT2D eigenvalue weighted by Crippen LogP contribution is -2.26. The molecule has 0 saturated carbocycles. The number of likely N-dealkylation sites (tertiary alicyclic amines) is 1. The Hall–Kier alpha value is -3.37. The molecule has 4 aromatic heterocycles. The van der Waals surface area contributed by atoms with E-state index in [1.165, 1.54) is 17.5 Å². The molecule has 2 saturated heterocycles. The van der Waals surface area contributed by atoms with Gasteiger partial charge in [0.2, 0.25) is 5.95 Å². The van der Waals surface area contributed by atoms with Crippen LogP contribution >= 0.6 is 11.3 Å². The first-order chi connectivity index (χ1) is 18.2. The van der Waals surface area contributed by atoms with E-state index in [1.807, 2.05) is 25.4 Å². The van der Waals surface area contributed by atoms with Crippen molar-refractivity contribution in [2.75, 3.05) is 43.4 Å². The zero-order valence-electron chi connectivity index (χ0n) is 22.3. The normalized spacial score (nSPS) is 19.6. The fourth-order valence-electron chi connectivity index (χ4n) is 5.90. The molecule has 38 heavy (non-hydrogen) atoms. The Morgan fingerprint density at radius 3 is 2.47 bits per heavy atom. The molecule has 8 nitrogen and oxygen atoms in total. The monoisotopic (exact) mass is 533 g/mol. The third-order valence-corrected chi connectivity index (χ3v) is 9.23. The van der Waals surface area contributed by atoms with Gasteiger partial charge in [0.1, 0.15) is 11.5 Å². The molecule has 0 aliphatic carbocycles. The summed E-state index contributed by atoms with van der Waals surface area (Å²) in [4.78, 5) is 31.7. The number of anilines is 3. The van der Waals surface area contributed by atoms with Gasteiger partial charge in [0.05, 0.1) is 28.3 Å². The van der Waals surface area contributed by atoms with E-state index < -0.39 is 5.82 Å². The Labute approximate surface area is 225 Å². The molecule has 6 heterocycles. The first-order valence-corrected chi connectivity index (χ1v) is 13.8. The number of aryl methyl sites for hydroxylation is 2. The highest BCUT2D eigenvalue weighted by molar-refractivity contribution is 7.22. The Bertz CT molecular complexity index is 1570. The van der Waals surface area contributed by atoms with Crippen LogP contribution in [0.5, 0.6) is 0 Å². The lowest BCUT2D eigenvalue weighted by atomic mass is 10.0. The highest BCUT2D eigenvalue weighted by atomic mass is 32.1. The number of fused-ring (bicyclic) bond motifs is 2. The highest BCUT2D eigenvalue weighted by Crippen LogP contribution is 2.40. The first-order valence-electron chi connectivity index (χ1n) is 13.0. The molecule has 0 spiro atoms. The van der Waals surface area contributed by atoms with Gasteiger partial charge in [0.15, 0.2) is 5.82 Å². The fraction of sp³-hybridized carbons (Fsp3) is 0.429. The van der Waals surface area contributed by atoms with Crippen molar-refractivity contribution in [2.45, 2.75) is 26.7 Å². The van der Waals surface area contributed by atoms with Crippen molar-refractivity contribution in [3.63, 3.8) is 0 Å². The number of pyridine rings is 2. The standard InChI is InChI=1S/C28H32FN7OS/c1-15(2)20-14-35(5)27(37)23-16(3)25(38-26(20)23)24-21(29)9-31-28(33-24)32-22-7-6-19(8-30-22)36-12-17-10-34(4)11-18(17)13-36/h6-9,14-15,17-18H,10-13H2,1-5H3,(H,30,31,32,33)/t17-,18-/m0/s1. The number of thiophene rings is 1. The van der Waals surface area contributed by atoms with Crippen molar-refractivity contribution in [1.82, 2.24) is 24.4 Å². The van der Waals surface area contributed by atoms with Crippen LogP contribution in [0.4, 0.5) is 21.8 Å². The number of rotatable bonds is 5. The van der Waals surface area contributed by atoms with Gasteiger partial charge in [0, 0.05) is 44.1 Å². The maximum atomic E-state index is 15.0. The van der Waals surface area contributed by atoms with Crippen molar-refractivity contribution in [2.24, 2.45) is 18.9 Å².